The van der Waals surface area contributed by atoms with E-state index in [0.29, 0.717) is 12.1 Å². The number of nitrogens with zero attached hydrogens (tertiary/aromatic N) is 3. The van der Waals surface area contributed by atoms with E-state index < -0.39 is 0 Å². The Bertz CT molecular complexity index is 748. The first-order valence-corrected chi connectivity index (χ1v) is 8.24. The third kappa shape index (κ3) is 2.86. The normalized spacial score (nSPS) is 24.4. The SMILES string of the molecule is O=[N+]([O-])c1ccc2cnc(N3CC[C@H]4CCC[C@@H](C3)N4)cc2c1. The maximum absolute atomic E-state index is 11.0. The molecular formula is C17H20N4O2. The highest BCUT2D eigenvalue weighted by molar-refractivity contribution is 5.86. The molecule has 2 aromatic rings. The molecule has 0 saturated carbocycles. The monoisotopic (exact) mass is 312 g/mol. The molecule has 2 atom stereocenters. The molecule has 1 N–H and O–H groups in total. The van der Waals surface area contributed by atoms with Gasteiger partial charge in [0, 0.05) is 48.9 Å². The van der Waals surface area contributed by atoms with Crippen molar-refractivity contribution in [2.45, 2.75) is 37.8 Å². The summed E-state index contributed by atoms with van der Waals surface area (Å²) in [5.74, 6) is 0.923. The zero-order valence-electron chi connectivity index (χ0n) is 12.9. The Morgan fingerprint density at radius 3 is 2.91 bits per heavy atom. The van der Waals surface area contributed by atoms with Crippen molar-refractivity contribution < 1.29 is 4.92 Å². The fourth-order valence-electron chi connectivity index (χ4n) is 3.76. The molecule has 2 saturated heterocycles. The average molecular weight is 312 g/mol. The summed E-state index contributed by atoms with van der Waals surface area (Å²) in [6.45, 7) is 1.95. The Kier molecular flexibility index (Phi) is 3.61. The Hall–Kier alpha value is -2.21. The van der Waals surface area contributed by atoms with E-state index in [9.17, 15) is 10.1 Å². The molecule has 120 valence electrons. The first-order valence-electron chi connectivity index (χ1n) is 8.24. The van der Waals surface area contributed by atoms with E-state index in [-0.39, 0.29) is 10.6 Å². The van der Waals surface area contributed by atoms with Crippen LogP contribution < -0.4 is 10.2 Å². The highest BCUT2D eigenvalue weighted by Gasteiger charge is 2.27. The zero-order chi connectivity index (χ0) is 15.8. The highest BCUT2D eigenvalue weighted by atomic mass is 16.6. The third-order valence-electron chi connectivity index (χ3n) is 4.99. The summed E-state index contributed by atoms with van der Waals surface area (Å²) in [6, 6.07) is 8.07. The van der Waals surface area contributed by atoms with Gasteiger partial charge in [-0.05, 0) is 36.8 Å². The fraction of sp³-hybridized carbons (Fsp3) is 0.471. The summed E-state index contributed by atoms with van der Waals surface area (Å²) in [7, 11) is 0. The predicted octanol–water partition coefficient (Wildman–Crippen LogP) is 2.86. The first kappa shape index (κ1) is 14.4. The van der Waals surface area contributed by atoms with Gasteiger partial charge in [0.05, 0.1) is 4.92 Å². The van der Waals surface area contributed by atoms with E-state index in [1.165, 1.54) is 25.3 Å². The predicted molar refractivity (Wildman–Crippen MR) is 89.8 cm³/mol. The molecule has 0 radical (unpaired) electrons. The molecule has 23 heavy (non-hydrogen) atoms. The van der Waals surface area contributed by atoms with Crippen LogP contribution in [0.25, 0.3) is 10.8 Å². The van der Waals surface area contributed by atoms with Gasteiger partial charge >= 0.3 is 0 Å². The second kappa shape index (κ2) is 5.77. The van der Waals surface area contributed by atoms with Crippen LogP contribution in [0.1, 0.15) is 25.7 Å². The van der Waals surface area contributed by atoms with Gasteiger partial charge in [-0.25, -0.2) is 4.98 Å². The van der Waals surface area contributed by atoms with Crippen molar-refractivity contribution in [2.24, 2.45) is 0 Å². The second-order valence-electron chi connectivity index (χ2n) is 6.56. The minimum absolute atomic E-state index is 0.128. The number of non-ortho nitro benzene ring substituents is 1. The molecule has 2 fully saturated rings. The van der Waals surface area contributed by atoms with Crippen LogP contribution in [0, 0.1) is 10.1 Å². The van der Waals surface area contributed by atoms with Gasteiger partial charge in [-0.1, -0.05) is 6.42 Å². The van der Waals surface area contributed by atoms with Crippen molar-refractivity contribution in [2.75, 3.05) is 18.0 Å². The van der Waals surface area contributed by atoms with Crippen molar-refractivity contribution in [3.63, 3.8) is 0 Å². The Morgan fingerprint density at radius 2 is 2.04 bits per heavy atom. The van der Waals surface area contributed by atoms with Crippen LogP contribution in [0.4, 0.5) is 11.5 Å². The Balaban J connectivity index is 1.66. The molecule has 0 amide bonds. The van der Waals surface area contributed by atoms with Crippen molar-refractivity contribution in [3.8, 4) is 0 Å². The molecule has 0 spiro atoms. The number of aromatic nitrogens is 1. The standard InChI is InChI=1S/C17H20N4O2/c22-21(23)16-5-4-12-10-18-17(9-13(12)8-16)20-7-6-14-2-1-3-15(11-20)19-14/h4-5,8-10,14-15,19H,1-3,6-7,11H2/t14-,15+/m1/s1. The molecule has 1 aromatic heterocycles. The summed E-state index contributed by atoms with van der Waals surface area (Å²) in [6.07, 6.45) is 6.73. The molecule has 1 aromatic carbocycles. The van der Waals surface area contributed by atoms with Crippen LogP contribution in [0.15, 0.2) is 30.5 Å². The molecule has 2 bridgehead atoms. The van der Waals surface area contributed by atoms with E-state index in [2.05, 4.69) is 15.2 Å². The van der Waals surface area contributed by atoms with Crippen LogP contribution in [0.5, 0.6) is 0 Å². The summed E-state index contributed by atoms with van der Waals surface area (Å²) in [4.78, 5) is 17.5. The maximum atomic E-state index is 11.0. The molecule has 0 unspecified atom stereocenters. The fourth-order valence-corrected chi connectivity index (χ4v) is 3.76. The lowest BCUT2D eigenvalue weighted by molar-refractivity contribution is -0.384. The summed E-state index contributed by atoms with van der Waals surface area (Å²) in [5.41, 5.74) is 0.128. The minimum atomic E-state index is -0.349. The Morgan fingerprint density at radius 1 is 1.17 bits per heavy atom. The molecule has 6 heteroatoms. The van der Waals surface area contributed by atoms with Gasteiger partial charge in [0.15, 0.2) is 0 Å². The number of hydrogen-bond donors (Lipinski definition) is 1. The Labute approximate surface area is 134 Å². The molecule has 3 heterocycles. The van der Waals surface area contributed by atoms with Crippen molar-refractivity contribution in [1.82, 2.24) is 10.3 Å². The van der Waals surface area contributed by atoms with Gasteiger partial charge in [0.1, 0.15) is 5.82 Å². The number of nitro benzene ring substituents is 1. The van der Waals surface area contributed by atoms with Crippen molar-refractivity contribution >= 4 is 22.3 Å². The molecule has 2 aliphatic heterocycles. The topological polar surface area (TPSA) is 71.3 Å². The van der Waals surface area contributed by atoms with E-state index >= 15 is 0 Å². The van der Waals surface area contributed by atoms with Crippen LogP contribution >= 0.6 is 0 Å². The van der Waals surface area contributed by atoms with E-state index in [0.717, 1.165) is 36.1 Å². The highest BCUT2D eigenvalue weighted by Crippen LogP contribution is 2.27. The number of benzene rings is 1. The average Bonchev–Trinajstić information content (AvgIpc) is 2.71. The number of piperidine rings is 1. The van der Waals surface area contributed by atoms with Crippen LogP contribution in [-0.2, 0) is 0 Å². The van der Waals surface area contributed by atoms with Gasteiger partial charge in [-0.2, -0.15) is 0 Å². The van der Waals surface area contributed by atoms with Gasteiger partial charge in [0.25, 0.3) is 5.69 Å². The lowest BCUT2D eigenvalue weighted by Gasteiger charge is -2.29. The number of hydrogen-bond acceptors (Lipinski definition) is 5. The molecular weight excluding hydrogens is 292 g/mol. The lowest BCUT2D eigenvalue weighted by Crippen LogP contribution is -2.44. The molecule has 4 rings (SSSR count). The van der Waals surface area contributed by atoms with E-state index in [1.54, 1.807) is 12.1 Å². The van der Waals surface area contributed by atoms with E-state index in [1.807, 2.05) is 12.3 Å². The third-order valence-corrected chi connectivity index (χ3v) is 4.99. The minimum Gasteiger partial charge on any atom is -0.355 e. The number of anilines is 1. The second-order valence-corrected chi connectivity index (χ2v) is 6.56. The van der Waals surface area contributed by atoms with Gasteiger partial charge < -0.3 is 10.2 Å². The lowest BCUT2D eigenvalue weighted by atomic mass is 9.98. The quantitative estimate of drug-likeness (QED) is 0.682. The van der Waals surface area contributed by atoms with Crippen LogP contribution in [0.2, 0.25) is 0 Å². The van der Waals surface area contributed by atoms with Gasteiger partial charge in [-0.15, -0.1) is 0 Å². The summed E-state index contributed by atoms with van der Waals surface area (Å²) < 4.78 is 0. The van der Waals surface area contributed by atoms with Gasteiger partial charge in [-0.3, -0.25) is 10.1 Å². The maximum Gasteiger partial charge on any atom is 0.270 e. The first-order chi connectivity index (χ1) is 11.2. The largest absolute Gasteiger partial charge is 0.355 e. The van der Waals surface area contributed by atoms with Crippen molar-refractivity contribution in [3.05, 3.63) is 40.6 Å². The zero-order valence-corrected chi connectivity index (χ0v) is 12.9. The van der Waals surface area contributed by atoms with Gasteiger partial charge in [0.2, 0.25) is 0 Å². The number of nitrogens with one attached hydrogen (secondary N) is 1. The van der Waals surface area contributed by atoms with Crippen molar-refractivity contribution in [1.29, 1.82) is 0 Å². The van der Waals surface area contributed by atoms with Crippen LogP contribution in [0.3, 0.4) is 0 Å². The smallest absolute Gasteiger partial charge is 0.270 e. The number of fused-ring (bicyclic) bond motifs is 3. The molecule has 2 aliphatic rings. The molecule has 0 aliphatic carbocycles. The molecule has 6 nitrogen and oxygen atoms in total. The summed E-state index contributed by atoms with van der Waals surface area (Å²) in [5, 5.41) is 16.5. The number of pyridine rings is 1. The summed E-state index contributed by atoms with van der Waals surface area (Å²) >= 11 is 0. The van der Waals surface area contributed by atoms with E-state index in [4.69, 9.17) is 0 Å². The number of nitro groups is 1. The van der Waals surface area contributed by atoms with Crippen LogP contribution in [-0.4, -0.2) is 35.1 Å². The number of rotatable bonds is 2.